The van der Waals surface area contributed by atoms with Crippen molar-refractivity contribution in [1.82, 2.24) is 0 Å². The van der Waals surface area contributed by atoms with E-state index >= 15 is 0 Å². The summed E-state index contributed by atoms with van der Waals surface area (Å²) < 4.78 is 41.1. The predicted molar refractivity (Wildman–Crippen MR) is 73.7 cm³/mol. The van der Waals surface area contributed by atoms with E-state index in [1.54, 1.807) is 6.07 Å². The van der Waals surface area contributed by atoms with Gasteiger partial charge in [-0.2, -0.15) is 0 Å². The van der Waals surface area contributed by atoms with Crippen molar-refractivity contribution in [3.8, 4) is 0 Å². The standard InChI is InChI=1S/C13H14FNO4S/c1-19-13(16)15-10-2-3-11(12(14)8-10)9-4-6-20(17,18)7-5-9/h2-4,8H,5-7H2,1H3,(H,15,16). The molecule has 1 aromatic rings. The van der Waals surface area contributed by atoms with Crippen LogP contribution in [-0.4, -0.2) is 33.1 Å². The van der Waals surface area contributed by atoms with Crippen LogP contribution in [0.25, 0.3) is 5.57 Å². The number of carbonyl (C=O) groups excluding carboxylic acids is 1. The molecule has 0 atom stereocenters. The minimum Gasteiger partial charge on any atom is -0.453 e. The summed E-state index contributed by atoms with van der Waals surface area (Å²) in [6, 6.07) is 4.24. The van der Waals surface area contributed by atoms with Crippen LogP contribution in [-0.2, 0) is 14.6 Å². The van der Waals surface area contributed by atoms with Gasteiger partial charge in [-0.15, -0.1) is 0 Å². The molecular weight excluding hydrogens is 285 g/mol. The van der Waals surface area contributed by atoms with Crippen LogP contribution in [0.1, 0.15) is 12.0 Å². The van der Waals surface area contributed by atoms with Crippen LogP contribution in [0.4, 0.5) is 14.9 Å². The van der Waals surface area contributed by atoms with E-state index in [-0.39, 0.29) is 17.2 Å². The number of methoxy groups -OCH3 is 1. The smallest absolute Gasteiger partial charge is 0.411 e. The van der Waals surface area contributed by atoms with Gasteiger partial charge in [0, 0.05) is 11.3 Å². The second kappa shape index (κ2) is 5.62. The fourth-order valence-corrected chi connectivity index (χ4v) is 3.10. The maximum absolute atomic E-state index is 14.0. The average Bonchev–Trinajstić information content (AvgIpc) is 2.39. The molecule has 1 N–H and O–H groups in total. The van der Waals surface area contributed by atoms with Crippen LogP contribution in [0.15, 0.2) is 24.3 Å². The molecular formula is C13H14FNO4S. The molecule has 0 radical (unpaired) electrons. The maximum atomic E-state index is 14.0. The molecule has 7 heteroatoms. The molecule has 0 bridgehead atoms. The molecule has 1 aliphatic heterocycles. The van der Waals surface area contributed by atoms with Crippen LogP contribution in [0.3, 0.4) is 0 Å². The Morgan fingerprint density at radius 2 is 2.15 bits per heavy atom. The van der Waals surface area contributed by atoms with Gasteiger partial charge in [0.2, 0.25) is 0 Å². The molecule has 1 heterocycles. The fourth-order valence-electron chi connectivity index (χ4n) is 1.95. The first kappa shape index (κ1) is 14.5. The summed E-state index contributed by atoms with van der Waals surface area (Å²) in [6.07, 6.45) is 1.15. The zero-order valence-corrected chi connectivity index (χ0v) is 11.7. The summed E-state index contributed by atoms with van der Waals surface area (Å²) in [7, 11) is -1.82. The van der Waals surface area contributed by atoms with Crippen molar-refractivity contribution in [2.75, 3.05) is 23.9 Å². The second-order valence-corrected chi connectivity index (χ2v) is 6.63. The molecule has 0 aromatic heterocycles. The number of benzene rings is 1. The number of allylic oxidation sites excluding steroid dienone is 1. The molecule has 0 spiro atoms. The Morgan fingerprint density at radius 1 is 1.40 bits per heavy atom. The van der Waals surface area contributed by atoms with Gasteiger partial charge >= 0.3 is 6.09 Å². The third-order valence-corrected chi connectivity index (χ3v) is 4.51. The average molecular weight is 299 g/mol. The van der Waals surface area contributed by atoms with Crippen LogP contribution in [0.2, 0.25) is 0 Å². The van der Waals surface area contributed by atoms with Crippen molar-refractivity contribution in [3.05, 3.63) is 35.7 Å². The molecule has 108 valence electrons. The first-order chi connectivity index (χ1) is 9.41. The molecule has 1 amide bonds. The molecule has 0 saturated heterocycles. The molecule has 0 fully saturated rings. The minimum absolute atomic E-state index is 0.0282. The predicted octanol–water partition coefficient (Wildman–Crippen LogP) is 2.21. The van der Waals surface area contributed by atoms with Crippen molar-refractivity contribution in [3.63, 3.8) is 0 Å². The van der Waals surface area contributed by atoms with Crippen molar-refractivity contribution in [2.45, 2.75) is 6.42 Å². The molecule has 0 saturated carbocycles. The van der Waals surface area contributed by atoms with E-state index in [0.717, 1.165) is 0 Å². The van der Waals surface area contributed by atoms with Gasteiger partial charge in [0.25, 0.3) is 0 Å². The van der Waals surface area contributed by atoms with E-state index in [1.165, 1.54) is 25.3 Å². The summed E-state index contributed by atoms with van der Waals surface area (Å²) in [6.45, 7) is 0. The molecule has 0 unspecified atom stereocenters. The Balaban J connectivity index is 2.22. The van der Waals surface area contributed by atoms with Gasteiger partial charge in [-0.25, -0.2) is 17.6 Å². The molecule has 1 aromatic carbocycles. The van der Waals surface area contributed by atoms with Gasteiger partial charge < -0.3 is 4.74 Å². The Morgan fingerprint density at radius 3 is 2.70 bits per heavy atom. The van der Waals surface area contributed by atoms with Gasteiger partial charge in [-0.05, 0) is 30.2 Å². The number of sulfone groups is 1. The van der Waals surface area contributed by atoms with Gasteiger partial charge in [0.05, 0.1) is 18.6 Å². The largest absolute Gasteiger partial charge is 0.453 e. The monoisotopic (exact) mass is 299 g/mol. The van der Waals surface area contributed by atoms with Crippen LogP contribution in [0, 0.1) is 5.82 Å². The van der Waals surface area contributed by atoms with Crippen molar-refractivity contribution < 1.29 is 22.3 Å². The van der Waals surface area contributed by atoms with Crippen LogP contribution >= 0.6 is 0 Å². The third-order valence-electron chi connectivity index (χ3n) is 3.01. The number of ether oxygens (including phenoxy) is 1. The Kier molecular flexibility index (Phi) is 4.08. The fraction of sp³-hybridized carbons (Fsp3) is 0.308. The summed E-state index contributed by atoms with van der Waals surface area (Å²) in [4.78, 5) is 11.0. The number of halogens is 1. The summed E-state index contributed by atoms with van der Waals surface area (Å²) in [5.41, 5.74) is 1.30. The normalized spacial score (nSPS) is 17.2. The van der Waals surface area contributed by atoms with Gasteiger partial charge in [-0.1, -0.05) is 6.08 Å². The second-order valence-electron chi connectivity index (χ2n) is 4.40. The summed E-state index contributed by atoms with van der Waals surface area (Å²) in [5, 5.41) is 2.36. The van der Waals surface area contributed by atoms with E-state index in [0.29, 0.717) is 17.6 Å². The highest BCUT2D eigenvalue weighted by molar-refractivity contribution is 7.91. The van der Waals surface area contributed by atoms with Gasteiger partial charge in [0.1, 0.15) is 5.82 Å². The Hall–Kier alpha value is -1.89. The quantitative estimate of drug-likeness (QED) is 0.908. The zero-order chi connectivity index (χ0) is 14.8. The highest BCUT2D eigenvalue weighted by Crippen LogP contribution is 2.27. The number of nitrogens with one attached hydrogen (secondary N) is 1. The van der Waals surface area contributed by atoms with Gasteiger partial charge in [-0.3, -0.25) is 5.32 Å². The van der Waals surface area contributed by atoms with E-state index in [9.17, 15) is 17.6 Å². The Bertz CT molecular complexity index is 667. The highest BCUT2D eigenvalue weighted by Gasteiger charge is 2.19. The highest BCUT2D eigenvalue weighted by atomic mass is 32.2. The molecule has 2 rings (SSSR count). The first-order valence-electron chi connectivity index (χ1n) is 5.95. The zero-order valence-electron chi connectivity index (χ0n) is 10.8. The van der Waals surface area contributed by atoms with Gasteiger partial charge in [0.15, 0.2) is 9.84 Å². The number of rotatable bonds is 2. The number of hydrogen-bond acceptors (Lipinski definition) is 4. The van der Waals surface area contributed by atoms with E-state index in [2.05, 4.69) is 10.1 Å². The van der Waals surface area contributed by atoms with E-state index in [1.807, 2.05) is 0 Å². The lowest BCUT2D eigenvalue weighted by atomic mass is 10.0. The topological polar surface area (TPSA) is 72.5 Å². The van der Waals surface area contributed by atoms with Crippen LogP contribution < -0.4 is 5.32 Å². The van der Waals surface area contributed by atoms with Crippen LogP contribution in [0.5, 0.6) is 0 Å². The summed E-state index contributed by atoms with van der Waals surface area (Å²) in [5.74, 6) is -0.547. The SMILES string of the molecule is COC(=O)Nc1ccc(C2=CCS(=O)(=O)CC2)c(F)c1. The Labute approximate surface area is 116 Å². The first-order valence-corrected chi connectivity index (χ1v) is 7.78. The third kappa shape index (κ3) is 3.36. The maximum Gasteiger partial charge on any atom is 0.411 e. The number of hydrogen-bond donors (Lipinski definition) is 1. The van der Waals surface area contributed by atoms with Crippen molar-refractivity contribution >= 4 is 27.2 Å². The molecule has 20 heavy (non-hydrogen) atoms. The van der Waals surface area contributed by atoms with Crippen molar-refractivity contribution in [2.24, 2.45) is 0 Å². The van der Waals surface area contributed by atoms with E-state index < -0.39 is 21.7 Å². The van der Waals surface area contributed by atoms with Crippen molar-refractivity contribution in [1.29, 1.82) is 0 Å². The minimum atomic E-state index is -3.04. The lowest BCUT2D eigenvalue weighted by Gasteiger charge is -2.15. The lowest BCUT2D eigenvalue weighted by molar-refractivity contribution is 0.187. The number of carbonyl (C=O) groups is 1. The molecule has 5 nitrogen and oxygen atoms in total. The summed E-state index contributed by atoms with van der Waals surface area (Å²) >= 11 is 0. The molecule has 1 aliphatic rings. The molecule has 0 aliphatic carbocycles. The lowest BCUT2D eigenvalue weighted by Crippen LogP contribution is -2.15. The van der Waals surface area contributed by atoms with E-state index in [4.69, 9.17) is 0 Å². The number of anilines is 1. The number of amides is 1.